The molecule has 0 saturated carbocycles. The minimum absolute atomic E-state index is 0.000380. The molecule has 0 bridgehead atoms. The number of hydrogen-bond donors (Lipinski definition) is 1. The largest absolute Gasteiger partial charge is 0.435 e. The Morgan fingerprint density at radius 2 is 1.81 bits per heavy atom. The molecule has 0 heterocycles. The fourth-order valence-electron chi connectivity index (χ4n) is 2.12. The quantitative estimate of drug-likeness (QED) is 0.796. The van der Waals surface area contributed by atoms with Gasteiger partial charge in [0.15, 0.2) is 0 Å². The van der Waals surface area contributed by atoms with Crippen LogP contribution in [0.1, 0.15) is 5.56 Å². The zero-order chi connectivity index (χ0) is 19.3. The van der Waals surface area contributed by atoms with E-state index in [4.69, 9.17) is 0 Å². The van der Waals surface area contributed by atoms with Gasteiger partial charge in [0.05, 0.1) is 11.3 Å². The predicted molar refractivity (Wildman–Crippen MR) is 92.7 cm³/mol. The van der Waals surface area contributed by atoms with Crippen LogP contribution in [0, 0.1) is 0 Å². The van der Waals surface area contributed by atoms with Gasteiger partial charge in [-0.25, -0.2) is 12.7 Å². The summed E-state index contributed by atoms with van der Waals surface area (Å²) in [5.41, 5.74) is 0.941. The van der Waals surface area contributed by atoms with E-state index >= 15 is 0 Å². The van der Waals surface area contributed by atoms with Crippen LogP contribution in [0.2, 0.25) is 0 Å². The molecule has 0 unspecified atom stereocenters. The molecule has 0 aliphatic carbocycles. The first-order chi connectivity index (χ1) is 12.2. The van der Waals surface area contributed by atoms with Crippen molar-refractivity contribution in [1.82, 2.24) is 4.31 Å². The maximum atomic E-state index is 12.1. The van der Waals surface area contributed by atoms with Gasteiger partial charge in [0.25, 0.3) is 0 Å². The van der Waals surface area contributed by atoms with Gasteiger partial charge in [-0.15, -0.1) is 0 Å². The molecule has 2 aromatic rings. The Labute approximate surface area is 150 Å². The fourth-order valence-corrected chi connectivity index (χ4v) is 3.07. The number of carbonyl (C=O) groups is 1. The molecule has 9 heteroatoms. The molecule has 0 aliphatic heterocycles. The number of nitrogens with one attached hydrogen (secondary N) is 1. The molecule has 0 saturated heterocycles. The van der Waals surface area contributed by atoms with E-state index in [0.717, 1.165) is 4.31 Å². The summed E-state index contributed by atoms with van der Waals surface area (Å²) in [4.78, 5) is 12.2. The maximum Gasteiger partial charge on any atom is 0.387 e. The van der Waals surface area contributed by atoms with Crippen LogP contribution >= 0.6 is 0 Å². The molecular weight excluding hydrogens is 366 g/mol. The Kier molecular flexibility index (Phi) is 6.27. The number of rotatable bonds is 7. The normalized spacial score (nSPS) is 11.6. The van der Waals surface area contributed by atoms with Gasteiger partial charge in [0.1, 0.15) is 5.75 Å². The van der Waals surface area contributed by atoms with Crippen molar-refractivity contribution in [2.45, 2.75) is 17.9 Å². The number of sulfonamides is 1. The monoisotopic (exact) mass is 384 g/mol. The van der Waals surface area contributed by atoms with Crippen molar-refractivity contribution in [3.05, 3.63) is 54.1 Å². The number of halogens is 2. The molecule has 0 aromatic heterocycles. The number of ether oxygens (including phenoxy) is 1. The highest BCUT2D eigenvalue weighted by Crippen LogP contribution is 2.19. The van der Waals surface area contributed by atoms with E-state index in [1.54, 1.807) is 6.07 Å². The zero-order valence-electron chi connectivity index (χ0n) is 14.1. The van der Waals surface area contributed by atoms with Crippen LogP contribution in [0.4, 0.5) is 14.5 Å². The molecule has 0 aliphatic rings. The number of amides is 1. The summed E-state index contributed by atoms with van der Waals surface area (Å²) in [5, 5.41) is 2.62. The predicted octanol–water partition coefficient (Wildman–Crippen LogP) is 2.72. The lowest BCUT2D eigenvalue weighted by molar-refractivity contribution is -0.115. The standard InChI is InChI=1S/C17H18F2N2O4S/c1-21(2)26(23,24)15-5-3-4-13(11-15)20-16(22)10-12-6-8-14(9-7-12)25-17(18)19/h3-9,11,17H,10H2,1-2H3,(H,20,22). The van der Waals surface area contributed by atoms with Crippen molar-refractivity contribution in [3.8, 4) is 5.75 Å². The minimum atomic E-state index is -3.60. The van der Waals surface area contributed by atoms with Gasteiger partial charge in [0, 0.05) is 19.8 Å². The number of benzene rings is 2. The Hall–Kier alpha value is -2.52. The van der Waals surface area contributed by atoms with E-state index in [1.165, 1.54) is 56.6 Å². The summed E-state index contributed by atoms with van der Waals surface area (Å²) < 4.78 is 53.8. The molecule has 0 atom stereocenters. The molecular formula is C17H18F2N2O4S. The SMILES string of the molecule is CN(C)S(=O)(=O)c1cccc(NC(=O)Cc2ccc(OC(F)F)cc2)c1. The molecule has 1 N–H and O–H groups in total. The minimum Gasteiger partial charge on any atom is -0.435 e. The average molecular weight is 384 g/mol. The van der Waals surface area contributed by atoms with Crippen molar-refractivity contribution in [1.29, 1.82) is 0 Å². The van der Waals surface area contributed by atoms with Crippen LogP contribution < -0.4 is 10.1 Å². The van der Waals surface area contributed by atoms with E-state index in [9.17, 15) is 22.0 Å². The van der Waals surface area contributed by atoms with E-state index in [1.807, 2.05) is 0 Å². The third kappa shape index (κ3) is 5.24. The Morgan fingerprint density at radius 1 is 1.15 bits per heavy atom. The van der Waals surface area contributed by atoms with Gasteiger partial charge < -0.3 is 10.1 Å². The Bertz CT molecular complexity index is 869. The molecule has 0 fully saturated rings. The van der Waals surface area contributed by atoms with Crippen molar-refractivity contribution < 1.29 is 26.7 Å². The van der Waals surface area contributed by atoms with Crippen LogP contribution in [0.5, 0.6) is 5.75 Å². The summed E-state index contributed by atoms with van der Waals surface area (Å²) in [6.07, 6.45) is -0.000380. The van der Waals surface area contributed by atoms with Gasteiger partial charge in [-0.2, -0.15) is 8.78 Å². The summed E-state index contributed by atoms with van der Waals surface area (Å²) >= 11 is 0. The van der Waals surface area contributed by atoms with Crippen molar-refractivity contribution in [2.75, 3.05) is 19.4 Å². The molecule has 1 amide bonds. The van der Waals surface area contributed by atoms with Crippen molar-refractivity contribution in [2.24, 2.45) is 0 Å². The highest BCUT2D eigenvalue weighted by Gasteiger charge is 2.17. The number of hydrogen-bond acceptors (Lipinski definition) is 4. The maximum absolute atomic E-state index is 12.1. The third-order valence-electron chi connectivity index (χ3n) is 3.41. The molecule has 140 valence electrons. The number of carbonyl (C=O) groups excluding carboxylic acids is 1. The summed E-state index contributed by atoms with van der Waals surface area (Å²) in [6, 6.07) is 11.6. The van der Waals surface area contributed by atoms with Crippen LogP contribution in [0.3, 0.4) is 0 Å². The van der Waals surface area contributed by atoms with E-state index < -0.39 is 16.6 Å². The average Bonchev–Trinajstić information content (AvgIpc) is 2.56. The summed E-state index contributed by atoms with van der Waals surface area (Å²) in [6.45, 7) is -2.91. The van der Waals surface area contributed by atoms with Gasteiger partial charge in [-0.1, -0.05) is 18.2 Å². The van der Waals surface area contributed by atoms with Crippen LogP contribution in [-0.4, -0.2) is 39.3 Å². The number of alkyl halides is 2. The molecule has 0 radical (unpaired) electrons. The second-order valence-corrected chi connectivity index (χ2v) is 7.71. The smallest absolute Gasteiger partial charge is 0.387 e. The number of anilines is 1. The lowest BCUT2D eigenvalue weighted by Crippen LogP contribution is -2.22. The van der Waals surface area contributed by atoms with E-state index in [0.29, 0.717) is 11.3 Å². The zero-order valence-corrected chi connectivity index (χ0v) is 15.0. The first kappa shape index (κ1) is 19.8. The molecule has 26 heavy (non-hydrogen) atoms. The van der Waals surface area contributed by atoms with Gasteiger partial charge in [0.2, 0.25) is 15.9 Å². The van der Waals surface area contributed by atoms with Gasteiger partial charge >= 0.3 is 6.61 Å². The summed E-state index contributed by atoms with van der Waals surface area (Å²) in [7, 11) is -0.765. The molecule has 2 rings (SSSR count). The third-order valence-corrected chi connectivity index (χ3v) is 5.22. The second-order valence-electron chi connectivity index (χ2n) is 5.56. The fraction of sp³-hybridized carbons (Fsp3) is 0.235. The van der Waals surface area contributed by atoms with Gasteiger partial charge in [-0.05, 0) is 35.9 Å². The lowest BCUT2D eigenvalue weighted by atomic mass is 10.1. The second kappa shape index (κ2) is 8.24. The highest BCUT2D eigenvalue weighted by atomic mass is 32.2. The topological polar surface area (TPSA) is 75.7 Å². The summed E-state index contributed by atoms with van der Waals surface area (Å²) in [5.74, 6) is -0.363. The van der Waals surface area contributed by atoms with Crippen molar-refractivity contribution in [3.63, 3.8) is 0 Å². The molecule has 2 aromatic carbocycles. The number of nitrogens with zero attached hydrogens (tertiary/aromatic N) is 1. The lowest BCUT2D eigenvalue weighted by Gasteiger charge is -2.12. The first-order valence-electron chi connectivity index (χ1n) is 7.54. The van der Waals surface area contributed by atoms with Crippen molar-refractivity contribution >= 4 is 21.6 Å². The van der Waals surface area contributed by atoms with Crippen LogP contribution in [0.15, 0.2) is 53.4 Å². The highest BCUT2D eigenvalue weighted by molar-refractivity contribution is 7.89. The van der Waals surface area contributed by atoms with Gasteiger partial charge in [-0.3, -0.25) is 4.79 Å². The Balaban J connectivity index is 2.04. The van der Waals surface area contributed by atoms with Crippen LogP contribution in [-0.2, 0) is 21.2 Å². The molecule has 0 spiro atoms. The first-order valence-corrected chi connectivity index (χ1v) is 8.98. The van der Waals surface area contributed by atoms with Crippen LogP contribution in [0.25, 0.3) is 0 Å². The Morgan fingerprint density at radius 3 is 2.38 bits per heavy atom. The van der Waals surface area contributed by atoms with E-state index in [2.05, 4.69) is 10.1 Å². The molecule has 6 nitrogen and oxygen atoms in total. The van der Waals surface area contributed by atoms with E-state index in [-0.39, 0.29) is 23.0 Å².